The Morgan fingerprint density at radius 1 is 1.06 bits per heavy atom. The molecule has 92 valence electrons. The van der Waals surface area contributed by atoms with E-state index in [1.807, 2.05) is 42.5 Å². The standard InChI is InChI=1S/C14H15N3O/c1-15-12-9-8-11(10-6-4-3-5-7-10)17-13(12)14(18)16-2/h3-9,15H,1-2H3,(H,16,18). The van der Waals surface area contributed by atoms with Crippen LogP contribution >= 0.6 is 0 Å². The van der Waals surface area contributed by atoms with E-state index in [1.54, 1.807) is 14.1 Å². The van der Waals surface area contributed by atoms with Crippen LogP contribution in [0, 0.1) is 0 Å². The number of nitrogens with one attached hydrogen (secondary N) is 2. The number of benzene rings is 1. The van der Waals surface area contributed by atoms with E-state index in [0.717, 1.165) is 11.3 Å². The van der Waals surface area contributed by atoms with E-state index >= 15 is 0 Å². The maximum absolute atomic E-state index is 11.8. The maximum atomic E-state index is 11.8. The van der Waals surface area contributed by atoms with Crippen molar-refractivity contribution in [2.24, 2.45) is 0 Å². The van der Waals surface area contributed by atoms with Gasteiger partial charge in [-0.3, -0.25) is 4.79 Å². The number of rotatable bonds is 3. The number of nitrogens with zero attached hydrogens (tertiary/aromatic N) is 1. The van der Waals surface area contributed by atoms with Gasteiger partial charge in [0.1, 0.15) is 0 Å². The van der Waals surface area contributed by atoms with Gasteiger partial charge in [0.2, 0.25) is 0 Å². The molecule has 1 aromatic carbocycles. The third-order valence-electron chi connectivity index (χ3n) is 2.68. The van der Waals surface area contributed by atoms with Gasteiger partial charge in [-0.15, -0.1) is 0 Å². The van der Waals surface area contributed by atoms with Crippen LogP contribution in [0.15, 0.2) is 42.5 Å². The van der Waals surface area contributed by atoms with Gasteiger partial charge in [0.15, 0.2) is 5.69 Å². The molecule has 2 N–H and O–H groups in total. The summed E-state index contributed by atoms with van der Waals surface area (Å²) in [5.74, 6) is -0.197. The first-order valence-corrected chi connectivity index (χ1v) is 5.72. The largest absolute Gasteiger partial charge is 0.386 e. The van der Waals surface area contributed by atoms with E-state index in [2.05, 4.69) is 15.6 Å². The summed E-state index contributed by atoms with van der Waals surface area (Å²) in [6.07, 6.45) is 0. The van der Waals surface area contributed by atoms with Crippen LogP contribution in [0.4, 0.5) is 5.69 Å². The van der Waals surface area contributed by atoms with Crippen LogP contribution < -0.4 is 10.6 Å². The number of aromatic nitrogens is 1. The van der Waals surface area contributed by atoms with Crippen molar-refractivity contribution in [1.82, 2.24) is 10.3 Å². The normalized spacial score (nSPS) is 9.89. The lowest BCUT2D eigenvalue weighted by Crippen LogP contribution is -2.21. The van der Waals surface area contributed by atoms with E-state index in [0.29, 0.717) is 11.4 Å². The van der Waals surface area contributed by atoms with Crippen molar-refractivity contribution < 1.29 is 4.79 Å². The van der Waals surface area contributed by atoms with Crippen LogP contribution in [-0.4, -0.2) is 25.0 Å². The molecule has 0 aliphatic heterocycles. The molecule has 0 bridgehead atoms. The summed E-state index contributed by atoms with van der Waals surface area (Å²) >= 11 is 0. The number of carbonyl (C=O) groups excluding carboxylic acids is 1. The minimum atomic E-state index is -0.197. The molecule has 1 aromatic heterocycles. The van der Waals surface area contributed by atoms with Gasteiger partial charge in [-0.25, -0.2) is 4.98 Å². The molecular weight excluding hydrogens is 226 g/mol. The molecule has 0 aliphatic carbocycles. The SMILES string of the molecule is CNC(=O)c1nc(-c2ccccc2)ccc1NC. The predicted molar refractivity (Wildman–Crippen MR) is 72.6 cm³/mol. The molecule has 0 unspecified atom stereocenters. The van der Waals surface area contributed by atoms with Crippen LogP contribution in [0.25, 0.3) is 11.3 Å². The Morgan fingerprint density at radius 2 is 1.78 bits per heavy atom. The van der Waals surface area contributed by atoms with E-state index in [4.69, 9.17) is 0 Å². The lowest BCUT2D eigenvalue weighted by atomic mass is 10.1. The smallest absolute Gasteiger partial charge is 0.271 e. The molecule has 0 aliphatic rings. The molecule has 0 spiro atoms. The highest BCUT2D eigenvalue weighted by atomic mass is 16.1. The third-order valence-corrected chi connectivity index (χ3v) is 2.68. The highest BCUT2D eigenvalue weighted by molar-refractivity contribution is 5.98. The third kappa shape index (κ3) is 2.32. The van der Waals surface area contributed by atoms with Gasteiger partial charge < -0.3 is 10.6 Å². The highest BCUT2D eigenvalue weighted by Gasteiger charge is 2.12. The van der Waals surface area contributed by atoms with Crippen LogP contribution in [0.3, 0.4) is 0 Å². The van der Waals surface area contributed by atoms with E-state index in [9.17, 15) is 4.79 Å². The molecule has 4 nitrogen and oxygen atoms in total. The minimum absolute atomic E-state index is 0.197. The Kier molecular flexibility index (Phi) is 3.57. The molecule has 1 heterocycles. The zero-order chi connectivity index (χ0) is 13.0. The van der Waals surface area contributed by atoms with Crippen molar-refractivity contribution in [3.05, 3.63) is 48.2 Å². The molecule has 2 rings (SSSR count). The summed E-state index contributed by atoms with van der Waals surface area (Å²) in [6, 6.07) is 13.5. The first-order valence-electron chi connectivity index (χ1n) is 5.72. The summed E-state index contributed by atoms with van der Waals surface area (Å²) in [7, 11) is 3.37. The van der Waals surface area contributed by atoms with Gasteiger partial charge in [0.25, 0.3) is 5.91 Å². The van der Waals surface area contributed by atoms with Gasteiger partial charge in [-0.2, -0.15) is 0 Å². The fraction of sp³-hybridized carbons (Fsp3) is 0.143. The van der Waals surface area contributed by atoms with E-state index in [1.165, 1.54) is 0 Å². The summed E-state index contributed by atoms with van der Waals surface area (Å²) in [6.45, 7) is 0. The first kappa shape index (κ1) is 12.1. The van der Waals surface area contributed by atoms with Gasteiger partial charge in [-0.05, 0) is 12.1 Å². The average molecular weight is 241 g/mol. The van der Waals surface area contributed by atoms with Crippen LogP contribution in [-0.2, 0) is 0 Å². The fourth-order valence-electron chi connectivity index (χ4n) is 1.72. The zero-order valence-corrected chi connectivity index (χ0v) is 10.4. The summed E-state index contributed by atoms with van der Waals surface area (Å²) in [5, 5.41) is 5.56. The summed E-state index contributed by atoms with van der Waals surface area (Å²) in [4.78, 5) is 16.2. The molecule has 0 fully saturated rings. The van der Waals surface area contributed by atoms with Crippen LogP contribution in [0.2, 0.25) is 0 Å². The van der Waals surface area contributed by atoms with Crippen LogP contribution in [0.1, 0.15) is 10.5 Å². The van der Waals surface area contributed by atoms with Crippen molar-refractivity contribution in [3.8, 4) is 11.3 Å². The van der Waals surface area contributed by atoms with E-state index in [-0.39, 0.29) is 5.91 Å². The molecule has 0 saturated heterocycles. The Bertz CT molecular complexity index is 552. The van der Waals surface area contributed by atoms with Crippen molar-refractivity contribution in [1.29, 1.82) is 0 Å². The number of amides is 1. The van der Waals surface area contributed by atoms with Crippen molar-refractivity contribution >= 4 is 11.6 Å². The molecular formula is C14H15N3O. The summed E-state index contributed by atoms with van der Waals surface area (Å²) in [5.41, 5.74) is 2.90. The molecule has 18 heavy (non-hydrogen) atoms. The van der Waals surface area contributed by atoms with Gasteiger partial charge in [0, 0.05) is 19.7 Å². The Labute approximate surface area is 106 Å². The number of pyridine rings is 1. The lowest BCUT2D eigenvalue weighted by molar-refractivity contribution is 0.0959. The zero-order valence-electron chi connectivity index (χ0n) is 10.4. The second-order valence-electron chi connectivity index (χ2n) is 3.79. The number of anilines is 1. The number of hydrogen-bond donors (Lipinski definition) is 2. The first-order chi connectivity index (χ1) is 8.76. The Morgan fingerprint density at radius 3 is 2.39 bits per heavy atom. The molecule has 0 radical (unpaired) electrons. The quantitative estimate of drug-likeness (QED) is 0.865. The van der Waals surface area contributed by atoms with Crippen molar-refractivity contribution in [2.75, 3.05) is 19.4 Å². The predicted octanol–water partition coefficient (Wildman–Crippen LogP) is 2.15. The minimum Gasteiger partial charge on any atom is -0.386 e. The highest BCUT2D eigenvalue weighted by Crippen LogP contribution is 2.21. The molecule has 2 aromatic rings. The second-order valence-corrected chi connectivity index (χ2v) is 3.79. The molecule has 0 saturated carbocycles. The van der Waals surface area contributed by atoms with Crippen molar-refractivity contribution in [2.45, 2.75) is 0 Å². The number of hydrogen-bond acceptors (Lipinski definition) is 3. The molecule has 4 heteroatoms. The average Bonchev–Trinajstić information content (AvgIpc) is 2.46. The van der Waals surface area contributed by atoms with Gasteiger partial charge in [-0.1, -0.05) is 30.3 Å². The van der Waals surface area contributed by atoms with Crippen LogP contribution in [0.5, 0.6) is 0 Å². The van der Waals surface area contributed by atoms with Crippen molar-refractivity contribution in [3.63, 3.8) is 0 Å². The lowest BCUT2D eigenvalue weighted by Gasteiger charge is -2.09. The number of carbonyl (C=O) groups is 1. The molecule has 0 atom stereocenters. The topological polar surface area (TPSA) is 54.0 Å². The summed E-state index contributed by atoms with van der Waals surface area (Å²) < 4.78 is 0. The van der Waals surface area contributed by atoms with Gasteiger partial charge in [0.05, 0.1) is 11.4 Å². The Balaban J connectivity index is 2.49. The fourth-order valence-corrected chi connectivity index (χ4v) is 1.72. The Hall–Kier alpha value is -2.36. The van der Waals surface area contributed by atoms with Gasteiger partial charge >= 0.3 is 0 Å². The molecule has 1 amide bonds. The second kappa shape index (κ2) is 5.31. The maximum Gasteiger partial charge on any atom is 0.271 e. The monoisotopic (exact) mass is 241 g/mol. The van der Waals surface area contributed by atoms with E-state index < -0.39 is 0 Å².